The molecule has 24 heavy (non-hydrogen) atoms. The van der Waals surface area contributed by atoms with Crippen LogP contribution >= 0.6 is 0 Å². The molecule has 0 radical (unpaired) electrons. The molecule has 0 spiro atoms. The van der Waals surface area contributed by atoms with Crippen LogP contribution < -0.4 is 5.32 Å². The molecule has 0 aromatic heterocycles. The number of amides is 2. The third kappa shape index (κ3) is 7.13. The summed E-state index contributed by atoms with van der Waals surface area (Å²) in [6.07, 6.45) is 2.00. The van der Waals surface area contributed by atoms with Crippen LogP contribution in [0.1, 0.15) is 45.6 Å². The van der Waals surface area contributed by atoms with Crippen molar-refractivity contribution in [2.75, 3.05) is 19.8 Å². The van der Waals surface area contributed by atoms with Gasteiger partial charge in [-0.25, -0.2) is 0 Å². The molecular weight excluding hydrogens is 304 g/mol. The van der Waals surface area contributed by atoms with Gasteiger partial charge in [0.25, 0.3) is 0 Å². The molecule has 0 fully saturated rings. The van der Waals surface area contributed by atoms with E-state index in [0.717, 1.165) is 18.4 Å². The molecule has 0 saturated carbocycles. The second-order valence-electron chi connectivity index (χ2n) is 5.77. The highest BCUT2D eigenvalue weighted by atomic mass is 16.5. The minimum Gasteiger partial charge on any atom is -0.382 e. The van der Waals surface area contributed by atoms with Crippen molar-refractivity contribution in [1.82, 2.24) is 10.2 Å². The van der Waals surface area contributed by atoms with Crippen molar-refractivity contribution >= 4 is 11.8 Å². The molecule has 134 valence electrons. The summed E-state index contributed by atoms with van der Waals surface area (Å²) in [6.45, 7) is 8.03. The van der Waals surface area contributed by atoms with E-state index in [-0.39, 0.29) is 11.8 Å². The molecule has 0 aliphatic carbocycles. The summed E-state index contributed by atoms with van der Waals surface area (Å²) >= 11 is 0. The molecule has 0 unspecified atom stereocenters. The van der Waals surface area contributed by atoms with Crippen LogP contribution in [0.5, 0.6) is 0 Å². The van der Waals surface area contributed by atoms with E-state index >= 15 is 0 Å². The Morgan fingerprint density at radius 1 is 1.21 bits per heavy atom. The molecule has 2 amide bonds. The van der Waals surface area contributed by atoms with Gasteiger partial charge in [0.1, 0.15) is 6.04 Å². The van der Waals surface area contributed by atoms with E-state index < -0.39 is 6.04 Å². The topological polar surface area (TPSA) is 58.6 Å². The number of hydrogen-bond acceptors (Lipinski definition) is 3. The average molecular weight is 334 g/mol. The van der Waals surface area contributed by atoms with Crippen LogP contribution in [0.25, 0.3) is 0 Å². The number of nitrogens with one attached hydrogen (secondary N) is 1. The van der Waals surface area contributed by atoms with Crippen LogP contribution in [-0.4, -0.2) is 42.5 Å². The molecule has 1 rings (SSSR count). The van der Waals surface area contributed by atoms with E-state index in [1.165, 1.54) is 0 Å². The first-order valence-corrected chi connectivity index (χ1v) is 8.79. The number of carbonyl (C=O) groups is 2. The lowest BCUT2D eigenvalue weighted by Crippen LogP contribution is -2.47. The first-order chi connectivity index (χ1) is 11.6. The van der Waals surface area contributed by atoms with Gasteiger partial charge >= 0.3 is 0 Å². The standard InChI is InChI=1S/C19H30N2O3/c1-4-10-18(22)21(15-17-11-7-6-8-12-17)16(3)19(23)20-13-9-14-24-5-2/h6-8,11-12,16H,4-5,9-10,13-15H2,1-3H3,(H,20,23)/t16-/m0/s1. The highest BCUT2D eigenvalue weighted by Gasteiger charge is 2.25. The Kier molecular flexibility index (Phi) is 9.77. The second kappa shape index (κ2) is 11.6. The van der Waals surface area contributed by atoms with E-state index in [2.05, 4.69) is 5.32 Å². The molecule has 0 heterocycles. The Balaban J connectivity index is 2.63. The van der Waals surface area contributed by atoms with Crippen molar-refractivity contribution < 1.29 is 14.3 Å². The van der Waals surface area contributed by atoms with Crippen molar-refractivity contribution in [1.29, 1.82) is 0 Å². The SMILES string of the molecule is CCCC(=O)N(Cc1ccccc1)[C@@H](C)C(=O)NCCCOCC. The average Bonchev–Trinajstić information content (AvgIpc) is 2.59. The predicted octanol–water partition coefficient (Wildman–Crippen LogP) is 2.75. The van der Waals surface area contributed by atoms with Crippen LogP contribution in [0.15, 0.2) is 30.3 Å². The summed E-state index contributed by atoms with van der Waals surface area (Å²) in [5.41, 5.74) is 1.03. The van der Waals surface area contributed by atoms with Crippen molar-refractivity contribution in [2.24, 2.45) is 0 Å². The Labute approximate surface area is 145 Å². The Morgan fingerprint density at radius 3 is 2.54 bits per heavy atom. The van der Waals surface area contributed by atoms with Crippen LogP contribution in [0.2, 0.25) is 0 Å². The smallest absolute Gasteiger partial charge is 0.242 e. The first kappa shape index (κ1) is 20.2. The van der Waals surface area contributed by atoms with Gasteiger partial charge in [-0.15, -0.1) is 0 Å². The fourth-order valence-electron chi connectivity index (χ4n) is 2.40. The van der Waals surface area contributed by atoms with Crippen molar-refractivity contribution in [3.05, 3.63) is 35.9 Å². The molecule has 5 nitrogen and oxygen atoms in total. The van der Waals surface area contributed by atoms with Gasteiger partial charge in [0.05, 0.1) is 0 Å². The molecule has 0 aliphatic rings. The highest BCUT2D eigenvalue weighted by molar-refractivity contribution is 5.87. The monoisotopic (exact) mass is 334 g/mol. The number of ether oxygens (including phenoxy) is 1. The summed E-state index contributed by atoms with van der Waals surface area (Å²) in [6, 6.07) is 9.28. The van der Waals surface area contributed by atoms with Gasteiger partial charge in [-0.3, -0.25) is 9.59 Å². The molecule has 1 aromatic rings. The van der Waals surface area contributed by atoms with Crippen LogP contribution in [0.3, 0.4) is 0 Å². The quantitative estimate of drug-likeness (QED) is 0.633. The zero-order chi connectivity index (χ0) is 17.8. The van der Waals surface area contributed by atoms with Gasteiger partial charge in [-0.2, -0.15) is 0 Å². The second-order valence-corrected chi connectivity index (χ2v) is 5.77. The molecule has 0 bridgehead atoms. The van der Waals surface area contributed by atoms with E-state index in [4.69, 9.17) is 4.74 Å². The maximum absolute atomic E-state index is 12.4. The number of carbonyl (C=O) groups excluding carboxylic acids is 2. The van der Waals surface area contributed by atoms with Crippen LogP contribution in [0.4, 0.5) is 0 Å². The van der Waals surface area contributed by atoms with E-state index in [0.29, 0.717) is 32.7 Å². The molecule has 0 aliphatic heterocycles. The van der Waals surface area contributed by atoms with Gasteiger partial charge in [0.15, 0.2) is 0 Å². The summed E-state index contributed by atoms with van der Waals surface area (Å²) in [5, 5.41) is 2.89. The lowest BCUT2D eigenvalue weighted by molar-refractivity contribution is -0.140. The summed E-state index contributed by atoms with van der Waals surface area (Å²) < 4.78 is 5.26. The Hall–Kier alpha value is -1.88. The summed E-state index contributed by atoms with van der Waals surface area (Å²) in [4.78, 5) is 26.5. The maximum atomic E-state index is 12.4. The maximum Gasteiger partial charge on any atom is 0.242 e. The van der Waals surface area contributed by atoms with Crippen molar-refractivity contribution in [3.8, 4) is 0 Å². The van der Waals surface area contributed by atoms with Gasteiger partial charge in [0, 0.05) is 32.7 Å². The zero-order valence-electron chi connectivity index (χ0n) is 15.1. The minimum absolute atomic E-state index is 0.0123. The van der Waals surface area contributed by atoms with Gasteiger partial charge in [-0.1, -0.05) is 37.3 Å². The fraction of sp³-hybridized carbons (Fsp3) is 0.579. The normalized spacial score (nSPS) is 11.8. The first-order valence-electron chi connectivity index (χ1n) is 8.79. The third-order valence-electron chi connectivity index (χ3n) is 3.80. The minimum atomic E-state index is -0.489. The zero-order valence-corrected chi connectivity index (χ0v) is 15.1. The molecule has 0 saturated heterocycles. The lowest BCUT2D eigenvalue weighted by Gasteiger charge is -2.28. The van der Waals surface area contributed by atoms with Crippen molar-refractivity contribution in [2.45, 2.75) is 52.6 Å². The van der Waals surface area contributed by atoms with Crippen LogP contribution in [0, 0.1) is 0 Å². The summed E-state index contributed by atoms with van der Waals surface area (Å²) in [7, 11) is 0. The number of hydrogen-bond donors (Lipinski definition) is 1. The predicted molar refractivity (Wildman–Crippen MR) is 95.5 cm³/mol. The number of rotatable bonds is 11. The lowest BCUT2D eigenvalue weighted by atomic mass is 10.1. The van der Waals surface area contributed by atoms with Gasteiger partial charge in [-0.05, 0) is 32.3 Å². The van der Waals surface area contributed by atoms with E-state index in [9.17, 15) is 9.59 Å². The Bertz CT molecular complexity index is 491. The highest BCUT2D eigenvalue weighted by Crippen LogP contribution is 2.11. The molecule has 1 aromatic carbocycles. The van der Waals surface area contributed by atoms with E-state index in [1.54, 1.807) is 11.8 Å². The third-order valence-corrected chi connectivity index (χ3v) is 3.80. The largest absolute Gasteiger partial charge is 0.382 e. The van der Waals surface area contributed by atoms with Gasteiger partial charge in [0.2, 0.25) is 11.8 Å². The fourth-order valence-corrected chi connectivity index (χ4v) is 2.40. The van der Waals surface area contributed by atoms with E-state index in [1.807, 2.05) is 44.2 Å². The van der Waals surface area contributed by atoms with Crippen molar-refractivity contribution in [3.63, 3.8) is 0 Å². The Morgan fingerprint density at radius 2 is 1.92 bits per heavy atom. The summed E-state index contributed by atoms with van der Waals surface area (Å²) in [5.74, 6) is -0.106. The molecule has 5 heteroatoms. The molecule has 1 N–H and O–H groups in total. The number of nitrogens with zero attached hydrogens (tertiary/aromatic N) is 1. The molecular formula is C19H30N2O3. The number of benzene rings is 1. The van der Waals surface area contributed by atoms with Gasteiger partial charge < -0.3 is 15.0 Å². The van der Waals surface area contributed by atoms with Crippen LogP contribution in [-0.2, 0) is 20.9 Å². The molecule has 1 atom stereocenters.